The highest BCUT2D eigenvalue weighted by atomic mass is 19.4. The number of alkyl halides is 3. The summed E-state index contributed by atoms with van der Waals surface area (Å²) in [6.07, 6.45) is -3.78. The van der Waals surface area contributed by atoms with Gasteiger partial charge in [0, 0.05) is 25.1 Å². The molecule has 1 heterocycles. The van der Waals surface area contributed by atoms with Gasteiger partial charge >= 0.3 is 12.1 Å². The van der Waals surface area contributed by atoms with Gasteiger partial charge in [0.15, 0.2) is 0 Å². The first kappa shape index (κ1) is 15.8. The van der Waals surface area contributed by atoms with E-state index in [0.29, 0.717) is 0 Å². The van der Waals surface area contributed by atoms with Gasteiger partial charge < -0.3 is 0 Å². The Morgan fingerprint density at radius 3 is 2.15 bits per heavy atom. The van der Waals surface area contributed by atoms with E-state index in [4.69, 9.17) is 5.84 Å². The number of hydrazine groups is 1. The Morgan fingerprint density at radius 1 is 1.20 bits per heavy atom. The molecule has 0 spiro atoms. The van der Waals surface area contributed by atoms with Crippen LogP contribution in [0.25, 0.3) is 0 Å². The van der Waals surface area contributed by atoms with Gasteiger partial charge in [-0.2, -0.15) is 13.2 Å². The van der Waals surface area contributed by atoms with Crippen LogP contribution in [0.3, 0.4) is 0 Å². The van der Waals surface area contributed by atoms with Crippen molar-refractivity contribution in [2.24, 2.45) is 5.84 Å². The van der Waals surface area contributed by atoms with Crippen molar-refractivity contribution in [2.45, 2.75) is 19.0 Å². The minimum atomic E-state index is -5.24. The summed E-state index contributed by atoms with van der Waals surface area (Å²) in [5, 5.41) is -0.522. The van der Waals surface area contributed by atoms with E-state index in [9.17, 15) is 32.3 Å². The summed E-state index contributed by atoms with van der Waals surface area (Å²) < 4.78 is 36.0. The van der Waals surface area contributed by atoms with Crippen LogP contribution >= 0.6 is 0 Å². The lowest BCUT2D eigenvalue weighted by Crippen LogP contribution is -2.49. The molecule has 0 aromatic carbocycles. The number of nitrogens with zero attached hydrogens (tertiary/aromatic N) is 2. The summed E-state index contributed by atoms with van der Waals surface area (Å²) >= 11 is 0. The van der Waals surface area contributed by atoms with E-state index in [2.05, 4.69) is 0 Å². The van der Waals surface area contributed by atoms with Crippen molar-refractivity contribution in [3.8, 4) is 0 Å². The minimum absolute atomic E-state index is 0.100. The van der Waals surface area contributed by atoms with Crippen LogP contribution in [0.2, 0.25) is 0 Å². The van der Waals surface area contributed by atoms with Gasteiger partial charge in [0.2, 0.25) is 5.91 Å². The molecule has 10 heteroatoms. The second-order valence-electron chi connectivity index (χ2n) is 3.83. The second-order valence-corrected chi connectivity index (χ2v) is 3.83. The van der Waals surface area contributed by atoms with Crippen LogP contribution < -0.4 is 5.84 Å². The number of rotatable bonds is 4. The van der Waals surface area contributed by atoms with E-state index < -0.39 is 41.2 Å². The lowest BCUT2D eigenvalue weighted by Gasteiger charge is -2.17. The van der Waals surface area contributed by atoms with E-state index in [1.165, 1.54) is 0 Å². The third kappa shape index (κ3) is 3.63. The minimum Gasteiger partial charge on any atom is -0.275 e. The van der Waals surface area contributed by atoms with E-state index in [-0.39, 0.29) is 13.0 Å². The zero-order valence-electron chi connectivity index (χ0n) is 10.0. The average Bonchev–Trinajstić information content (AvgIpc) is 2.67. The monoisotopic (exact) mass is 293 g/mol. The van der Waals surface area contributed by atoms with Crippen molar-refractivity contribution in [1.82, 2.24) is 9.91 Å². The molecular weight excluding hydrogens is 283 g/mol. The SMILES string of the molecule is NN(C(=O)CCCN1C(=O)C=CC1=O)C(=O)C(F)(F)F. The summed E-state index contributed by atoms with van der Waals surface area (Å²) in [6, 6.07) is 0. The van der Waals surface area contributed by atoms with Crippen molar-refractivity contribution < 1.29 is 32.3 Å². The average molecular weight is 293 g/mol. The maximum absolute atomic E-state index is 12.0. The topological polar surface area (TPSA) is 101 Å². The van der Waals surface area contributed by atoms with Crippen LogP contribution in [0.5, 0.6) is 0 Å². The van der Waals surface area contributed by atoms with Crippen LogP contribution in [-0.4, -0.2) is 46.3 Å². The molecule has 0 saturated carbocycles. The van der Waals surface area contributed by atoms with Crippen molar-refractivity contribution in [3.63, 3.8) is 0 Å². The first-order valence-electron chi connectivity index (χ1n) is 5.37. The van der Waals surface area contributed by atoms with Gasteiger partial charge in [-0.1, -0.05) is 0 Å². The number of hydrogen-bond donors (Lipinski definition) is 1. The number of carbonyl (C=O) groups excluding carboxylic acids is 4. The molecule has 20 heavy (non-hydrogen) atoms. The molecule has 110 valence electrons. The highest BCUT2D eigenvalue weighted by molar-refractivity contribution is 6.12. The number of amides is 4. The number of imide groups is 2. The van der Waals surface area contributed by atoms with Crippen LogP contribution in [0, 0.1) is 0 Å². The Morgan fingerprint density at radius 2 is 1.70 bits per heavy atom. The number of halogens is 3. The largest absolute Gasteiger partial charge is 0.473 e. The van der Waals surface area contributed by atoms with Gasteiger partial charge in [-0.05, 0) is 6.42 Å². The first-order valence-corrected chi connectivity index (χ1v) is 5.37. The van der Waals surface area contributed by atoms with Crippen molar-refractivity contribution >= 4 is 23.6 Å². The van der Waals surface area contributed by atoms with Gasteiger partial charge in [0.05, 0.1) is 0 Å². The quantitative estimate of drug-likeness (QED) is 0.325. The van der Waals surface area contributed by atoms with Gasteiger partial charge in [-0.25, -0.2) is 10.9 Å². The summed E-state index contributed by atoms with van der Waals surface area (Å²) in [5.74, 6) is -0.117. The van der Waals surface area contributed by atoms with Crippen molar-refractivity contribution in [1.29, 1.82) is 0 Å². The molecular formula is C10H10F3N3O4. The normalized spacial score (nSPS) is 14.9. The zero-order valence-corrected chi connectivity index (χ0v) is 10.0. The van der Waals surface area contributed by atoms with Crippen molar-refractivity contribution in [2.75, 3.05) is 6.54 Å². The second kappa shape index (κ2) is 5.82. The molecule has 0 radical (unpaired) electrons. The highest BCUT2D eigenvalue weighted by Crippen LogP contribution is 2.17. The summed E-state index contributed by atoms with van der Waals surface area (Å²) in [6.45, 7) is -0.148. The molecule has 0 unspecified atom stereocenters. The third-order valence-electron chi connectivity index (χ3n) is 2.40. The smallest absolute Gasteiger partial charge is 0.275 e. The Balaban J connectivity index is 2.43. The van der Waals surface area contributed by atoms with Gasteiger partial charge in [0.1, 0.15) is 0 Å². The number of carbonyl (C=O) groups is 4. The summed E-state index contributed by atoms with van der Waals surface area (Å²) in [5.41, 5.74) is 0. The van der Waals surface area contributed by atoms with Gasteiger partial charge in [0.25, 0.3) is 11.8 Å². The molecule has 7 nitrogen and oxygen atoms in total. The predicted octanol–water partition coefficient (Wildman–Crippen LogP) is -0.517. The lowest BCUT2D eigenvalue weighted by atomic mass is 10.2. The molecule has 1 aliphatic heterocycles. The first-order chi connectivity index (χ1) is 9.14. The summed E-state index contributed by atoms with van der Waals surface area (Å²) in [4.78, 5) is 45.0. The third-order valence-corrected chi connectivity index (χ3v) is 2.40. The fourth-order valence-electron chi connectivity index (χ4n) is 1.41. The standard InChI is InChI=1S/C10H10F3N3O4/c11-10(12,13)9(20)16(14)8(19)2-1-5-15-6(17)3-4-7(15)18/h3-4H,1-2,5,14H2. The van der Waals surface area contributed by atoms with E-state index >= 15 is 0 Å². The summed E-state index contributed by atoms with van der Waals surface area (Å²) in [7, 11) is 0. The van der Waals surface area contributed by atoms with E-state index in [0.717, 1.165) is 17.1 Å². The maximum Gasteiger partial charge on any atom is 0.473 e. The fourth-order valence-corrected chi connectivity index (χ4v) is 1.41. The predicted molar refractivity (Wildman–Crippen MR) is 57.2 cm³/mol. The Kier molecular flexibility index (Phi) is 4.61. The molecule has 0 bridgehead atoms. The zero-order chi connectivity index (χ0) is 15.5. The Labute approximate surface area is 110 Å². The molecule has 2 N–H and O–H groups in total. The van der Waals surface area contributed by atoms with E-state index in [1.807, 2.05) is 0 Å². The molecule has 0 aliphatic carbocycles. The van der Waals surface area contributed by atoms with Crippen LogP contribution in [0.1, 0.15) is 12.8 Å². The Hall–Kier alpha value is -2.23. The highest BCUT2D eigenvalue weighted by Gasteiger charge is 2.43. The van der Waals surface area contributed by atoms with Crippen LogP contribution in [-0.2, 0) is 19.2 Å². The Bertz CT molecular complexity index is 469. The molecule has 0 saturated heterocycles. The van der Waals surface area contributed by atoms with E-state index in [1.54, 1.807) is 0 Å². The molecule has 1 aliphatic rings. The maximum atomic E-state index is 12.0. The van der Waals surface area contributed by atoms with Crippen molar-refractivity contribution in [3.05, 3.63) is 12.2 Å². The number of hydrogen-bond acceptors (Lipinski definition) is 5. The molecule has 0 atom stereocenters. The lowest BCUT2D eigenvalue weighted by molar-refractivity contribution is -0.188. The van der Waals surface area contributed by atoms with Crippen LogP contribution in [0.4, 0.5) is 13.2 Å². The van der Waals surface area contributed by atoms with Crippen LogP contribution in [0.15, 0.2) is 12.2 Å². The molecule has 0 aromatic heterocycles. The molecule has 4 amide bonds. The molecule has 1 rings (SSSR count). The fraction of sp³-hybridized carbons (Fsp3) is 0.400. The number of nitrogens with two attached hydrogens (primary N) is 1. The molecule has 0 fully saturated rings. The van der Waals surface area contributed by atoms with Gasteiger partial charge in [-0.15, -0.1) is 0 Å². The van der Waals surface area contributed by atoms with Gasteiger partial charge in [-0.3, -0.25) is 24.1 Å². The molecule has 0 aromatic rings.